The smallest absolute Gasteiger partial charge is 0.285 e. The van der Waals surface area contributed by atoms with Gasteiger partial charge in [-0.2, -0.15) is 8.78 Å². The zero-order valence-corrected chi connectivity index (χ0v) is 8.76. The van der Waals surface area contributed by atoms with E-state index in [4.69, 9.17) is 0 Å². The molecule has 3 heteroatoms. The van der Waals surface area contributed by atoms with E-state index in [1.54, 1.807) is 25.1 Å². The number of aryl methyl sites for hydroxylation is 1. The van der Waals surface area contributed by atoms with Crippen LogP contribution in [0.15, 0.2) is 24.3 Å². The van der Waals surface area contributed by atoms with Gasteiger partial charge in [0.2, 0.25) is 0 Å². The highest BCUT2D eigenvalue weighted by Crippen LogP contribution is 2.31. The third-order valence-electron chi connectivity index (χ3n) is 2.73. The molecule has 1 nitrogen and oxygen atoms in total. The Labute approximate surface area is 88.5 Å². The minimum absolute atomic E-state index is 0.137. The number of nitrogens with one attached hydrogen (secondary N) is 1. The van der Waals surface area contributed by atoms with E-state index < -0.39 is 5.92 Å². The van der Waals surface area contributed by atoms with Crippen molar-refractivity contribution in [2.24, 2.45) is 0 Å². The third-order valence-corrected chi connectivity index (χ3v) is 2.73. The summed E-state index contributed by atoms with van der Waals surface area (Å²) in [4.78, 5) is 0. The van der Waals surface area contributed by atoms with E-state index in [-0.39, 0.29) is 12.1 Å². The molecule has 1 aliphatic rings. The molecule has 82 valence electrons. The van der Waals surface area contributed by atoms with Gasteiger partial charge in [-0.05, 0) is 25.3 Å². The van der Waals surface area contributed by atoms with E-state index >= 15 is 0 Å². The highest BCUT2D eigenvalue weighted by molar-refractivity contribution is 5.29. The largest absolute Gasteiger partial charge is 0.308 e. The van der Waals surface area contributed by atoms with Gasteiger partial charge < -0.3 is 5.32 Å². The van der Waals surface area contributed by atoms with Crippen molar-refractivity contribution in [2.45, 2.75) is 31.7 Å². The van der Waals surface area contributed by atoms with Crippen molar-refractivity contribution in [1.82, 2.24) is 5.32 Å². The van der Waals surface area contributed by atoms with Crippen LogP contribution in [0, 0.1) is 6.92 Å². The second kappa shape index (κ2) is 3.89. The Morgan fingerprint density at radius 2 is 2.00 bits per heavy atom. The Bertz CT molecular complexity index is 345. The lowest BCUT2D eigenvalue weighted by Crippen LogP contribution is -2.32. The van der Waals surface area contributed by atoms with Crippen LogP contribution in [-0.4, -0.2) is 12.6 Å². The van der Waals surface area contributed by atoms with Crippen molar-refractivity contribution in [1.29, 1.82) is 0 Å². The van der Waals surface area contributed by atoms with Crippen LogP contribution >= 0.6 is 0 Å². The third kappa shape index (κ3) is 2.53. The van der Waals surface area contributed by atoms with E-state index in [0.29, 0.717) is 11.6 Å². The molecular weight excluding hydrogens is 196 g/mol. The number of rotatable bonds is 4. The first-order chi connectivity index (χ1) is 7.09. The summed E-state index contributed by atoms with van der Waals surface area (Å²) >= 11 is 0. The molecule has 0 unspecified atom stereocenters. The second-order valence-corrected chi connectivity index (χ2v) is 4.17. The summed E-state index contributed by atoms with van der Waals surface area (Å²) in [6.45, 7) is 1.48. The van der Waals surface area contributed by atoms with Gasteiger partial charge in [-0.25, -0.2) is 0 Å². The van der Waals surface area contributed by atoms with Gasteiger partial charge in [0.05, 0.1) is 6.54 Å². The lowest BCUT2D eigenvalue weighted by atomic mass is 10.0. The predicted octanol–water partition coefficient (Wildman–Crippen LogP) is 2.84. The normalized spacial score (nSPS) is 16.7. The molecule has 0 radical (unpaired) electrons. The van der Waals surface area contributed by atoms with Gasteiger partial charge >= 0.3 is 0 Å². The Kier molecular flexibility index (Phi) is 2.74. The molecule has 1 aromatic carbocycles. The van der Waals surface area contributed by atoms with E-state index in [1.165, 1.54) is 6.07 Å². The second-order valence-electron chi connectivity index (χ2n) is 4.17. The molecule has 1 N–H and O–H groups in total. The maximum absolute atomic E-state index is 13.7. The summed E-state index contributed by atoms with van der Waals surface area (Å²) in [5.41, 5.74) is 0.790. The zero-order chi connectivity index (χ0) is 10.9. The average Bonchev–Trinajstić information content (AvgIpc) is 2.99. The standard InChI is InChI=1S/C12H15F2N/c1-9-4-2-3-5-11(9)12(13,14)8-15-10-6-7-10/h2-5,10,15H,6-8H2,1H3. The van der Waals surface area contributed by atoms with Crippen molar-refractivity contribution in [3.8, 4) is 0 Å². The van der Waals surface area contributed by atoms with Crippen LogP contribution in [0.5, 0.6) is 0 Å². The van der Waals surface area contributed by atoms with E-state index in [1.807, 2.05) is 0 Å². The average molecular weight is 211 g/mol. The molecule has 0 spiro atoms. The van der Waals surface area contributed by atoms with Gasteiger partial charge in [-0.1, -0.05) is 24.3 Å². The summed E-state index contributed by atoms with van der Waals surface area (Å²) in [6.07, 6.45) is 2.06. The number of alkyl halides is 2. The summed E-state index contributed by atoms with van der Waals surface area (Å²) in [5.74, 6) is -2.76. The lowest BCUT2D eigenvalue weighted by Gasteiger charge is -2.19. The Morgan fingerprint density at radius 1 is 1.33 bits per heavy atom. The number of hydrogen-bond donors (Lipinski definition) is 1. The molecular formula is C12H15F2N. The molecule has 0 amide bonds. The van der Waals surface area contributed by atoms with Crippen LogP contribution in [0.25, 0.3) is 0 Å². The minimum Gasteiger partial charge on any atom is -0.308 e. The molecule has 1 saturated carbocycles. The number of hydrogen-bond acceptors (Lipinski definition) is 1. The fourth-order valence-corrected chi connectivity index (χ4v) is 1.64. The predicted molar refractivity (Wildman–Crippen MR) is 56.1 cm³/mol. The van der Waals surface area contributed by atoms with Gasteiger partial charge in [-0.3, -0.25) is 0 Å². The Morgan fingerprint density at radius 3 is 2.60 bits per heavy atom. The molecule has 1 fully saturated rings. The van der Waals surface area contributed by atoms with Crippen molar-refractivity contribution in [3.05, 3.63) is 35.4 Å². The monoisotopic (exact) mass is 211 g/mol. The van der Waals surface area contributed by atoms with E-state index in [2.05, 4.69) is 5.32 Å². The van der Waals surface area contributed by atoms with Gasteiger partial charge in [0.1, 0.15) is 0 Å². The molecule has 0 heterocycles. The molecule has 2 rings (SSSR count). The van der Waals surface area contributed by atoms with Crippen molar-refractivity contribution in [3.63, 3.8) is 0 Å². The molecule has 0 aliphatic heterocycles. The van der Waals surface area contributed by atoms with E-state index in [0.717, 1.165) is 12.8 Å². The first kappa shape index (κ1) is 10.6. The van der Waals surface area contributed by atoms with Crippen LogP contribution in [0.3, 0.4) is 0 Å². The molecule has 0 atom stereocenters. The quantitative estimate of drug-likeness (QED) is 0.807. The summed E-state index contributed by atoms with van der Waals surface area (Å²) < 4.78 is 27.5. The van der Waals surface area contributed by atoms with Gasteiger partial charge in [0, 0.05) is 11.6 Å². The first-order valence-corrected chi connectivity index (χ1v) is 5.27. The zero-order valence-electron chi connectivity index (χ0n) is 8.76. The summed E-state index contributed by atoms with van der Waals surface area (Å²) in [5, 5.41) is 2.87. The highest BCUT2D eigenvalue weighted by atomic mass is 19.3. The first-order valence-electron chi connectivity index (χ1n) is 5.27. The van der Waals surface area contributed by atoms with E-state index in [9.17, 15) is 8.78 Å². The van der Waals surface area contributed by atoms with Crippen LogP contribution in [-0.2, 0) is 5.92 Å². The number of benzene rings is 1. The fraction of sp³-hybridized carbons (Fsp3) is 0.500. The molecule has 0 saturated heterocycles. The minimum atomic E-state index is -2.76. The van der Waals surface area contributed by atoms with Gasteiger partial charge in [-0.15, -0.1) is 0 Å². The molecule has 15 heavy (non-hydrogen) atoms. The van der Waals surface area contributed by atoms with Crippen LogP contribution in [0.4, 0.5) is 8.78 Å². The van der Waals surface area contributed by atoms with Crippen LogP contribution in [0.1, 0.15) is 24.0 Å². The molecule has 0 aromatic heterocycles. The Hall–Kier alpha value is -0.960. The molecule has 1 aliphatic carbocycles. The van der Waals surface area contributed by atoms with Gasteiger partial charge in [0.15, 0.2) is 0 Å². The fourth-order valence-electron chi connectivity index (χ4n) is 1.64. The molecule has 1 aromatic rings. The Balaban J connectivity index is 2.08. The van der Waals surface area contributed by atoms with Crippen LogP contribution < -0.4 is 5.32 Å². The maximum atomic E-state index is 13.7. The summed E-state index contributed by atoms with van der Waals surface area (Å²) in [7, 11) is 0. The lowest BCUT2D eigenvalue weighted by molar-refractivity contribution is -0.00408. The van der Waals surface area contributed by atoms with Crippen molar-refractivity contribution in [2.75, 3.05) is 6.54 Å². The summed E-state index contributed by atoms with van der Waals surface area (Å²) in [6, 6.07) is 6.99. The highest BCUT2D eigenvalue weighted by Gasteiger charge is 2.34. The van der Waals surface area contributed by atoms with Gasteiger partial charge in [0.25, 0.3) is 5.92 Å². The van der Waals surface area contributed by atoms with Crippen LogP contribution in [0.2, 0.25) is 0 Å². The SMILES string of the molecule is Cc1ccccc1C(F)(F)CNC1CC1. The number of halogens is 2. The molecule has 0 bridgehead atoms. The van der Waals surface area contributed by atoms with Crippen molar-refractivity contribution >= 4 is 0 Å². The van der Waals surface area contributed by atoms with Crippen molar-refractivity contribution < 1.29 is 8.78 Å². The maximum Gasteiger partial charge on any atom is 0.285 e. The topological polar surface area (TPSA) is 12.0 Å².